The molecule has 1 N–H and O–H groups in total. The normalized spacial score (nSPS) is 18.5. The van der Waals surface area contributed by atoms with E-state index in [0.717, 1.165) is 48.1 Å². The van der Waals surface area contributed by atoms with Crippen LogP contribution in [0.1, 0.15) is 6.92 Å². The number of aromatic nitrogens is 3. The highest BCUT2D eigenvalue weighted by Gasteiger charge is 2.20. The maximum atomic E-state index is 6.06. The number of morpholine rings is 1. The molecule has 3 aromatic rings. The molecule has 118 valence electrons. The predicted octanol–water partition coefficient (Wildman–Crippen LogP) is 3.50. The van der Waals surface area contributed by atoms with Gasteiger partial charge in [-0.05, 0) is 31.2 Å². The van der Waals surface area contributed by atoms with Crippen molar-refractivity contribution in [1.29, 1.82) is 0 Å². The van der Waals surface area contributed by atoms with Crippen LogP contribution in [-0.2, 0) is 4.74 Å². The number of hydrogen-bond donors (Lipinski definition) is 1. The first-order valence-electron chi connectivity index (χ1n) is 7.68. The number of aromatic amines is 1. The van der Waals surface area contributed by atoms with Crippen molar-refractivity contribution in [2.45, 2.75) is 13.0 Å². The number of nitrogens with one attached hydrogen (secondary N) is 1. The van der Waals surface area contributed by atoms with Gasteiger partial charge in [0.05, 0.1) is 24.8 Å². The van der Waals surface area contributed by atoms with Crippen molar-refractivity contribution < 1.29 is 4.74 Å². The summed E-state index contributed by atoms with van der Waals surface area (Å²) in [7, 11) is 0. The lowest BCUT2D eigenvalue weighted by Gasteiger charge is -2.34. The second kappa shape index (κ2) is 5.83. The Balaban J connectivity index is 1.72. The number of pyridine rings is 1. The van der Waals surface area contributed by atoms with E-state index in [1.165, 1.54) is 0 Å². The molecule has 0 amide bonds. The standard InChI is InChI=1S/C17H17ClN4O/c1-11-10-23-8-7-22(11)15-6-5-14-17(20-15)21-16(19-14)12-3-2-4-13(18)9-12/h2-6,9,11H,7-8,10H2,1H3,(H,19,20,21). The molecule has 3 heterocycles. The number of rotatable bonds is 2. The lowest BCUT2D eigenvalue weighted by atomic mass is 10.2. The van der Waals surface area contributed by atoms with Gasteiger partial charge in [-0.15, -0.1) is 0 Å². The molecule has 2 aromatic heterocycles. The van der Waals surface area contributed by atoms with E-state index in [9.17, 15) is 0 Å². The fourth-order valence-corrected chi connectivity index (χ4v) is 3.07. The van der Waals surface area contributed by atoms with Gasteiger partial charge in [0.2, 0.25) is 0 Å². The van der Waals surface area contributed by atoms with Gasteiger partial charge < -0.3 is 14.6 Å². The Hall–Kier alpha value is -2.11. The number of anilines is 1. The molecule has 4 rings (SSSR count). The molecule has 1 unspecified atom stereocenters. The lowest BCUT2D eigenvalue weighted by Crippen LogP contribution is -2.44. The molecule has 1 fully saturated rings. The number of hydrogen-bond acceptors (Lipinski definition) is 4. The minimum absolute atomic E-state index is 0.319. The molecule has 5 nitrogen and oxygen atoms in total. The van der Waals surface area contributed by atoms with Gasteiger partial charge >= 0.3 is 0 Å². The van der Waals surface area contributed by atoms with Crippen molar-refractivity contribution in [2.24, 2.45) is 0 Å². The highest BCUT2D eigenvalue weighted by atomic mass is 35.5. The summed E-state index contributed by atoms with van der Waals surface area (Å²) in [6, 6.07) is 12.0. The largest absolute Gasteiger partial charge is 0.377 e. The van der Waals surface area contributed by atoms with Gasteiger partial charge in [0.1, 0.15) is 11.6 Å². The average molecular weight is 329 g/mol. The molecule has 0 saturated carbocycles. The van der Waals surface area contributed by atoms with E-state index in [0.29, 0.717) is 11.1 Å². The van der Waals surface area contributed by atoms with E-state index < -0.39 is 0 Å². The Morgan fingerprint density at radius 3 is 3.00 bits per heavy atom. The van der Waals surface area contributed by atoms with E-state index in [-0.39, 0.29) is 0 Å². The summed E-state index contributed by atoms with van der Waals surface area (Å²) in [4.78, 5) is 14.9. The smallest absolute Gasteiger partial charge is 0.180 e. The highest BCUT2D eigenvalue weighted by Crippen LogP contribution is 2.25. The molecule has 0 aliphatic carbocycles. The van der Waals surface area contributed by atoms with Crippen LogP contribution in [0.4, 0.5) is 5.82 Å². The van der Waals surface area contributed by atoms with Crippen LogP contribution >= 0.6 is 11.6 Å². The van der Waals surface area contributed by atoms with E-state index in [2.05, 4.69) is 21.8 Å². The maximum Gasteiger partial charge on any atom is 0.180 e. The topological polar surface area (TPSA) is 54.0 Å². The summed E-state index contributed by atoms with van der Waals surface area (Å²) < 4.78 is 5.49. The summed E-state index contributed by atoms with van der Waals surface area (Å²) in [6.45, 7) is 4.46. The van der Waals surface area contributed by atoms with Gasteiger partial charge in [0, 0.05) is 17.1 Å². The lowest BCUT2D eigenvalue weighted by molar-refractivity contribution is 0.0985. The van der Waals surface area contributed by atoms with Gasteiger partial charge in [-0.2, -0.15) is 0 Å². The van der Waals surface area contributed by atoms with Crippen LogP contribution in [-0.4, -0.2) is 40.8 Å². The van der Waals surface area contributed by atoms with Crippen LogP contribution in [0, 0.1) is 0 Å². The minimum Gasteiger partial charge on any atom is -0.377 e. The molecule has 23 heavy (non-hydrogen) atoms. The summed E-state index contributed by atoms with van der Waals surface area (Å²) in [5.41, 5.74) is 2.59. The summed E-state index contributed by atoms with van der Waals surface area (Å²) >= 11 is 6.06. The van der Waals surface area contributed by atoms with Crippen molar-refractivity contribution in [3.8, 4) is 11.4 Å². The van der Waals surface area contributed by atoms with Gasteiger partial charge in [-0.25, -0.2) is 9.97 Å². The molecule has 0 spiro atoms. The van der Waals surface area contributed by atoms with Crippen molar-refractivity contribution in [1.82, 2.24) is 15.0 Å². The maximum absolute atomic E-state index is 6.06. The van der Waals surface area contributed by atoms with Crippen LogP contribution in [0.25, 0.3) is 22.6 Å². The van der Waals surface area contributed by atoms with Crippen LogP contribution in [0.15, 0.2) is 36.4 Å². The molecule has 1 atom stereocenters. The summed E-state index contributed by atoms with van der Waals surface area (Å²) in [5, 5.41) is 0.693. The van der Waals surface area contributed by atoms with E-state index in [4.69, 9.17) is 21.3 Å². The van der Waals surface area contributed by atoms with Crippen LogP contribution in [0.2, 0.25) is 5.02 Å². The number of fused-ring (bicyclic) bond motifs is 1. The molecule has 1 aliphatic rings. The van der Waals surface area contributed by atoms with Crippen LogP contribution in [0.3, 0.4) is 0 Å². The number of halogens is 1. The minimum atomic E-state index is 0.319. The third-order valence-electron chi connectivity index (χ3n) is 4.09. The molecule has 1 aromatic carbocycles. The fraction of sp³-hybridized carbons (Fsp3) is 0.294. The van der Waals surface area contributed by atoms with Gasteiger partial charge in [0.25, 0.3) is 0 Å². The quantitative estimate of drug-likeness (QED) is 0.782. The molecule has 1 saturated heterocycles. The Bertz CT molecular complexity index is 847. The number of H-pyrrole nitrogens is 1. The Kier molecular flexibility index (Phi) is 3.67. The third-order valence-corrected chi connectivity index (χ3v) is 4.33. The highest BCUT2D eigenvalue weighted by molar-refractivity contribution is 6.30. The monoisotopic (exact) mass is 328 g/mol. The molecular formula is C17H17ClN4O. The van der Waals surface area contributed by atoms with Crippen molar-refractivity contribution in [3.05, 3.63) is 41.4 Å². The average Bonchev–Trinajstić information content (AvgIpc) is 2.98. The summed E-state index contributed by atoms with van der Waals surface area (Å²) in [5.74, 6) is 1.72. The van der Waals surface area contributed by atoms with Crippen molar-refractivity contribution in [2.75, 3.05) is 24.7 Å². The van der Waals surface area contributed by atoms with Crippen molar-refractivity contribution >= 4 is 28.6 Å². The zero-order chi connectivity index (χ0) is 15.8. The van der Waals surface area contributed by atoms with Gasteiger partial charge in [-0.1, -0.05) is 23.7 Å². The predicted molar refractivity (Wildman–Crippen MR) is 92.0 cm³/mol. The first-order chi connectivity index (χ1) is 11.2. The second-order valence-electron chi connectivity index (χ2n) is 5.75. The zero-order valence-corrected chi connectivity index (χ0v) is 13.5. The van der Waals surface area contributed by atoms with E-state index >= 15 is 0 Å². The summed E-state index contributed by atoms with van der Waals surface area (Å²) in [6.07, 6.45) is 0. The van der Waals surface area contributed by atoms with E-state index in [1.54, 1.807) is 0 Å². The molecule has 0 bridgehead atoms. The Morgan fingerprint density at radius 2 is 2.17 bits per heavy atom. The van der Waals surface area contributed by atoms with Crippen LogP contribution in [0.5, 0.6) is 0 Å². The Labute approximate surface area is 139 Å². The fourth-order valence-electron chi connectivity index (χ4n) is 2.88. The first-order valence-corrected chi connectivity index (χ1v) is 8.05. The molecule has 6 heteroatoms. The van der Waals surface area contributed by atoms with Gasteiger partial charge in [-0.3, -0.25) is 0 Å². The first kappa shape index (κ1) is 14.5. The van der Waals surface area contributed by atoms with Crippen molar-refractivity contribution in [3.63, 3.8) is 0 Å². The molecule has 0 radical (unpaired) electrons. The second-order valence-corrected chi connectivity index (χ2v) is 6.19. The molecular weight excluding hydrogens is 312 g/mol. The third kappa shape index (κ3) is 2.78. The number of imidazole rings is 1. The SMILES string of the molecule is CC1COCCN1c1ccc2[nH]c(-c3cccc(Cl)c3)nc2n1. The zero-order valence-electron chi connectivity index (χ0n) is 12.8. The number of benzene rings is 1. The van der Waals surface area contributed by atoms with Gasteiger partial charge in [0.15, 0.2) is 5.65 Å². The van der Waals surface area contributed by atoms with E-state index in [1.807, 2.05) is 36.4 Å². The number of ether oxygens (including phenoxy) is 1. The molecule has 1 aliphatic heterocycles. The number of nitrogens with zero attached hydrogens (tertiary/aromatic N) is 3. The van der Waals surface area contributed by atoms with Crippen LogP contribution < -0.4 is 4.90 Å². The Morgan fingerprint density at radius 1 is 1.26 bits per heavy atom.